The summed E-state index contributed by atoms with van der Waals surface area (Å²) in [5.74, 6) is 0.735. The second kappa shape index (κ2) is 4.66. The molecule has 0 spiro atoms. The third-order valence-corrected chi connectivity index (χ3v) is 2.59. The van der Waals surface area contributed by atoms with E-state index in [4.69, 9.17) is 5.73 Å². The monoisotopic (exact) mass is 241 g/mol. The maximum absolute atomic E-state index is 5.85. The predicted molar refractivity (Wildman–Crippen MR) is 61.7 cm³/mol. The van der Waals surface area contributed by atoms with Crippen molar-refractivity contribution >= 4 is 21.6 Å². The Kier molecular flexibility index (Phi) is 3.79. The summed E-state index contributed by atoms with van der Waals surface area (Å²) >= 11 is 3.45. The molecule has 0 aliphatic rings. The molecule has 0 fully saturated rings. The molecule has 2 N–H and O–H groups in total. The number of aryl methyl sites for hydroxylation is 1. The Bertz CT molecular complexity index is 281. The molecule has 1 aromatic rings. The minimum absolute atomic E-state index is 0.735. The average Bonchev–Trinajstić information content (AvgIpc) is 2.06. The molecule has 0 atom stereocenters. The Balaban J connectivity index is 2.70. The van der Waals surface area contributed by atoms with Crippen LogP contribution in [-0.4, -0.2) is 0 Å². The molecule has 0 bridgehead atoms. The van der Waals surface area contributed by atoms with Crippen LogP contribution in [0, 0.1) is 5.92 Å². The Morgan fingerprint density at radius 2 is 2.08 bits per heavy atom. The molecule has 0 aliphatic heterocycles. The van der Waals surface area contributed by atoms with Gasteiger partial charge in [-0.2, -0.15) is 0 Å². The van der Waals surface area contributed by atoms with Crippen molar-refractivity contribution in [1.82, 2.24) is 0 Å². The van der Waals surface area contributed by atoms with Gasteiger partial charge in [0.15, 0.2) is 0 Å². The van der Waals surface area contributed by atoms with Crippen LogP contribution < -0.4 is 5.73 Å². The van der Waals surface area contributed by atoms with Gasteiger partial charge < -0.3 is 5.73 Å². The summed E-state index contributed by atoms with van der Waals surface area (Å²) in [5.41, 5.74) is 8.01. The summed E-state index contributed by atoms with van der Waals surface area (Å²) in [7, 11) is 0. The van der Waals surface area contributed by atoms with Crippen molar-refractivity contribution in [3.8, 4) is 0 Å². The van der Waals surface area contributed by atoms with E-state index in [0.29, 0.717) is 0 Å². The quantitative estimate of drug-likeness (QED) is 0.805. The van der Waals surface area contributed by atoms with Gasteiger partial charge in [-0.05, 0) is 42.5 Å². The van der Waals surface area contributed by atoms with Crippen LogP contribution in [0.2, 0.25) is 0 Å². The van der Waals surface area contributed by atoms with Gasteiger partial charge in [-0.1, -0.05) is 29.8 Å². The van der Waals surface area contributed by atoms with Gasteiger partial charge >= 0.3 is 0 Å². The number of nitrogens with two attached hydrogens (primary N) is 1. The topological polar surface area (TPSA) is 26.0 Å². The minimum Gasteiger partial charge on any atom is -0.399 e. The van der Waals surface area contributed by atoms with Gasteiger partial charge in [0.05, 0.1) is 0 Å². The number of halogens is 1. The standard InChI is InChI=1S/C11H16BrN/c1-8(2)3-4-9-7-10(12)5-6-11(9)13/h5-8H,3-4,13H2,1-2H3. The minimum atomic E-state index is 0.735. The largest absolute Gasteiger partial charge is 0.399 e. The Morgan fingerprint density at radius 1 is 1.38 bits per heavy atom. The van der Waals surface area contributed by atoms with E-state index in [-0.39, 0.29) is 0 Å². The van der Waals surface area contributed by atoms with E-state index >= 15 is 0 Å². The maximum Gasteiger partial charge on any atom is 0.0347 e. The van der Waals surface area contributed by atoms with Crippen LogP contribution in [0.15, 0.2) is 22.7 Å². The molecule has 0 unspecified atom stereocenters. The lowest BCUT2D eigenvalue weighted by Gasteiger charge is -2.07. The molecule has 1 rings (SSSR count). The summed E-state index contributed by atoms with van der Waals surface area (Å²) in [6.45, 7) is 4.46. The number of benzene rings is 1. The van der Waals surface area contributed by atoms with Crippen molar-refractivity contribution in [2.75, 3.05) is 5.73 Å². The summed E-state index contributed by atoms with van der Waals surface area (Å²) in [6, 6.07) is 6.05. The van der Waals surface area contributed by atoms with E-state index in [1.54, 1.807) is 0 Å². The van der Waals surface area contributed by atoms with Crippen LogP contribution in [0.3, 0.4) is 0 Å². The molecule has 0 amide bonds. The zero-order chi connectivity index (χ0) is 9.84. The third kappa shape index (κ3) is 3.39. The van der Waals surface area contributed by atoms with E-state index in [1.807, 2.05) is 12.1 Å². The Morgan fingerprint density at radius 3 is 2.69 bits per heavy atom. The lowest BCUT2D eigenvalue weighted by molar-refractivity contribution is 0.587. The predicted octanol–water partition coefficient (Wildman–Crippen LogP) is 3.62. The first-order valence-electron chi connectivity index (χ1n) is 4.63. The lowest BCUT2D eigenvalue weighted by Crippen LogP contribution is -1.97. The van der Waals surface area contributed by atoms with E-state index in [1.165, 1.54) is 12.0 Å². The summed E-state index contributed by atoms with van der Waals surface area (Å²) < 4.78 is 1.11. The first kappa shape index (κ1) is 10.6. The fourth-order valence-corrected chi connectivity index (χ4v) is 1.64. The van der Waals surface area contributed by atoms with Crippen LogP contribution >= 0.6 is 15.9 Å². The van der Waals surface area contributed by atoms with Crippen LogP contribution in [0.1, 0.15) is 25.8 Å². The van der Waals surface area contributed by atoms with Gasteiger partial charge in [0.25, 0.3) is 0 Å². The molecule has 13 heavy (non-hydrogen) atoms. The van der Waals surface area contributed by atoms with Crippen LogP contribution in [0.25, 0.3) is 0 Å². The zero-order valence-corrected chi connectivity index (χ0v) is 9.76. The molecule has 1 aromatic carbocycles. The molecule has 72 valence electrons. The Hall–Kier alpha value is -0.500. The number of anilines is 1. The van der Waals surface area contributed by atoms with E-state index in [9.17, 15) is 0 Å². The molecule has 0 saturated carbocycles. The van der Waals surface area contributed by atoms with Crippen LogP contribution in [-0.2, 0) is 6.42 Å². The fraction of sp³-hybridized carbons (Fsp3) is 0.455. The van der Waals surface area contributed by atoms with E-state index < -0.39 is 0 Å². The SMILES string of the molecule is CC(C)CCc1cc(Br)ccc1N. The maximum atomic E-state index is 5.85. The molecule has 0 aliphatic carbocycles. The van der Waals surface area contributed by atoms with Crippen molar-refractivity contribution in [3.05, 3.63) is 28.2 Å². The smallest absolute Gasteiger partial charge is 0.0347 e. The summed E-state index contributed by atoms with van der Waals surface area (Å²) in [6.07, 6.45) is 2.27. The number of hydrogen-bond donors (Lipinski definition) is 1. The van der Waals surface area contributed by atoms with Gasteiger partial charge in [-0.25, -0.2) is 0 Å². The highest BCUT2D eigenvalue weighted by atomic mass is 79.9. The van der Waals surface area contributed by atoms with Gasteiger partial charge in [-0.3, -0.25) is 0 Å². The van der Waals surface area contributed by atoms with Crippen LogP contribution in [0.4, 0.5) is 5.69 Å². The van der Waals surface area contributed by atoms with Crippen molar-refractivity contribution in [2.45, 2.75) is 26.7 Å². The van der Waals surface area contributed by atoms with E-state index in [0.717, 1.165) is 22.5 Å². The average molecular weight is 242 g/mol. The van der Waals surface area contributed by atoms with Gasteiger partial charge in [-0.15, -0.1) is 0 Å². The second-order valence-corrected chi connectivity index (χ2v) is 4.69. The van der Waals surface area contributed by atoms with E-state index in [2.05, 4.69) is 35.8 Å². The molecule has 1 nitrogen and oxygen atoms in total. The highest BCUT2D eigenvalue weighted by Gasteiger charge is 2.01. The molecular formula is C11H16BrN. The summed E-state index contributed by atoms with van der Waals surface area (Å²) in [4.78, 5) is 0. The highest BCUT2D eigenvalue weighted by molar-refractivity contribution is 9.10. The number of nitrogen functional groups attached to an aromatic ring is 1. The molecule has 0 radical (unpaired) electrons. The Labute approximate surface area is 88.5 Å². The highest BCUT2D eigenvalue weighted by Crippen LogP contribution is 2.20. The molecule has 0 saturated heterocycles. The number of rotatable bonds is 3. The van der Waals surface area contributed by atoms with Gasteiger partial charge in [0, 0.05) is 10.2 Å². The number of hydrogen-bond acceptors (Lipinski definition) is 1. The van der Waals surface area contributed by atoms with Crippen molar-refractivity contribution in [2.24, 2.45) is 5.92 Å². The zero-order valence-electron chi connectivity index (χ0n) is 8.18. The fourth-order valence-electron chi connectivity index (χ4n) is 1.24. The second-order valence-electron chi connectivity index (χ2n) is 3.78. The first-order chi connectivity index (χ1) is 6.09. The molecule has 2 heteroatoms. The van der Waals surface area contributed by atoms with Gasteiger partial charge in [0.1, 0.15) is 0 Å². The lowest BCUT2D eigenvalue weighted by atomic mass is 10.0. The first-order valence-corrected chi connectivity index (χ1v) is 5.43. The third-order valence-electron chi connectivity index (χ3n) is 2.10. The summed E-state index contributed by atoms with van der Waals surface area (Å²) in [5, 5.41) is 0. The molecule has 0 aromatic heterocycles. The molecule has 0 heterocycles. The van der Waals surface area contributed by atoms with Crippen molar-refractivity contribution in [3.63, 3.8) is 0 Å². The van der Waals surface area contributed by atoms with Crippen molar-refractivity contribution in [1.29, 1.82) is 0 Å². The normalized spacial score (nSPS) is 10.8. The van der Waals surface area contributed by atoms with Crippen LogP contribution in [0.5, 0.6) is 0 Å². The molecular weight excluding hydrogens is 226 g/mol. The van der Waals surface area contributed by atoms with Crippen molar-refractivity contribution < 1.29 is 0 Å². The van der Waals surface area contributed by atoms with Gasteiger partial charge in [0.2, 0.25) is 0 Å².